The van der Waals surface area contributed by atoms with Gasteiger partial charge in [-0.2, -0.15) is 10.4 Å². The summed E-state index contributed by atoms with van der Waals surface area (Å²) in [5, 5.41) is 18.0. The highest BCUT2D eigenvalue weighted by Crippen LogP contribution is 2.32. The van der Waals surface area contributed by atoms with Gasteiger partial charge in [-0.3, -0.25) is 10.1 Å². The minimum Gasteiger partial charge on any atom is -0.493 e. The number of hydrogen-bond donors (Lipinski definition) is 1. The molecule has 0 spiro atoms. The molecular formula is C25H20N4O2. The molecule has 0 saturated heterocycles. The minimum atomic E-state index is 0.550. The fourth-order valence-electron chi connectivity index (χ4n) is 3.69. The molecule has 1 aliphatic heterocycles. The van der Waals surface area contributed by atoms with Gasteiger partial charge in [-0.1, -0.05) is 18.2 Å². The van der Waals surface area contributed by atoms with Crippen LogP contribution < -0.4 is 9.47 Å². The van der Waals surface area contributed by atoms with Gasteiger partial charge in [-0.15, -0.1) is 0 Å². The van der Waals surface area contributed by atoms with Gasteiger partial charge in [0.1, 0.15) is 11.5 Å². The lowest BCUT2D eigenvalue weighted by molar-refractivity contribution is 0.266. The highest BCUT2D eigenvalue weighted by Gasteiger charge is 2.12. The van der Waals surface area contributed by atoms with Crippen molar-refractivity contribution in [3.8, 4) is 28.8 Å². The fraction of sp³-hybridized carbons (Fsp3) is 0.160. The van der Waals surface area contributed by atoms with Crippen LogP contribution in [-0.4, -0.2) is 28.4 Å². The van der Waals surface area contributed by atoms with E-state index in [1.165, 1.54) is 0 Å². The molecule has 152 valence electrons. The number of para-hydroxylation sites is 1. The molecule has 0 saturated carbocycles. The molecule has 1 aliphatic rings. The third-order valence-corrected chi connectivity index (χ3v) is 5.29. The van der Waals surface area contributed by atoms with Crippen molar-refractivity contribution < 1.29 is 9.47 Å². The molecule has 6 nitrogen and oxygen atoms in total. The predicted octanol–water partition coefficient (Wildman–Crippen LogP) is 5.22. The van der Waals surface area contributed by atoms with E-state index in [1.54, 1.807) is 12.3 Å². The van der Waals surface area contributed by atoms with Crippen molar-refractivity contribution in [2.75, 3.05) is 13.2 Å². The number of hydrogen-bond acceptors (Lipinski definition) is 5. The number of ether oxygens (including phenoxy) is 2. The van der Waals surface area contributed by atoms with Crippen LogP contribution >= 0.6 is 0 Å². The summed E-state index contributed by atoms with van der Waals surface area (Å²) in [4.78, 5) is 4.61. The summed E-state index contributed by atoms with van der Waals surface area (Å²) in [5.74, 6) is 1.50. The number of nitriles is 1. The first kappa shape index (κ1) is 18.9. The molecule has 2 aromatic heterocycles. The van der Waals surface area contributed by atoms with Crippen molar-refractivity contribution >= 4 is 23.1 Å². The summed E-state index contributed by atoms with van der Waals surface area (Å²) in [6, 6.07) is 17.7. The number of nitrogens with zero attached hydrogens (tertiary/aromatic N) is 3. The number of nitrogens with one attached hydrogen (secondary N) is 1. The molecule has 3 heterocycles. The second-order valence-electron chi connectivity index (χ2n) is 7.29. The topological polar surface area (TPSA) is 83.8 Å². The Morgan fingerprint density at radius 3 is 2.61 bits per heavy atom. The molecule has 31 heavy (non-hydrogen) atoms. The Hall–Kier alpha value is -4.11. The van der Waals surface area contributed by atoms with Crippen LogP contribution in [0.25, 0.3) is 34.3 Å². The van der Waals surface area contributed by atoms with Gasteiger partial charge in [-0.05, 0) is 55.3 Å². The van der Waals surface area contributed by atoms with Crippen LogP contribution in [0, 0.1) is 11.3 Å². The Bertz CT molecular complexity index is 1320. The van der Waals surface area contributed by atoms with Gasteiger partial charge in [0.05, 0.1) is 47.9 Å². The van der Waals surface area contributed by atoms with Gasteiger partial charge in [0.25, 0.3) is 0 Å². The van der Waals surface area contributed by atoms with Crippen LogP contribution in [0.4, 0.5) is 0 Å². The van der Waals surface area contributed by atoms with E-state index >= 15 is 0 Å². The van der Waals surface area contributed by atoms with Gasteiger partial charge < -0.3 is 9.47 Å². The average molecular weight is 408 g/mol. The number of aromatic amines is 1. The average Bonchev–Trinajstić information content (AvgIpc) is 3.22. The van der Waals surface area contributed by atoms with Crippen molar-refractivity contribution in [1.29, 1.82) is 5.26 Å². The number of rotatable bonds is 0. The smallest absolute Gasteiger partial charge is 0.128 e. The van der Waals surface area contributed by atoms with Crippen LogP contribution in [0.5, 0.6) is 11.5 Å². The summed E-state index contributed by atoms with van der Waals surface area (Å²) >= 11 is 0. The monoisotopic (exact) mass is 408 g/mol. The molecule has 0 unspecified atom stereocenters. The van der Waals surface area contributed by atoms with Crippen LogP contribution in [0.3, 0.4) is 0 Å². The maximum atomic E-state index is 9.56. The second kappa shape index (κ2) is 8.33. The van der Waals surface area contributed by atoms with Gasteiger partial charge >= 0.3 is 0 Å². The SMILES string of the molecule is N#Cc1cccc2c1/C=C/c1n[nH]c3cnc(cc13)-c1ccccc1OCCCCO2. The Balaban J connectivity index is 1.65. The molecule has 0 radical (unpaired) electrons. The van der Waals surface area contributed by atoms with Crippen LogP contribution in [-0.2, 0) is 0 Å². The summed E-state index contributed by atoms with van der Waals surface area (Å²) < 4.78 is 12.1. The van der Waals surface area contributed by atoms with Crippen LogP contribution in [0.15, 0.2) is 54.7 Å². The van der Waals surface area contributed by atoms with Crippen molar-refractivity contribution in [2.45, 2.75) is 12.8 Å². The van der Waals surface area contributed by atoms with Gasteiger partial charge in [-0.25, -0.2) is 0 Å². The first-order valence-corrected chi connectivity index (χ1v) is 10.2. The first-order valence-electron chi connectivity index (χ1n) is 10.2. The quantitative estimate of drug-likeness (QED) is 0.431. The van der Waals surface area contributed by atoms with Crippen molar-refractivity contribution in [1.82, 2.24) is 15.2 Å². The molecule has 0 fully saturated rings. The molecule has 4 aromatic rings. The molecule has 2 aromatic carbocycles. The molecular weight excluding hydrogens is 388 g/mol. The predicted molar refractivity (Wildman–Crippen MR) is 120 cm³/mol. The largest absolute Gasteiger partial charge is 0.493 e. The van der Waals surface area contributed by atoms with Crippen molar-refractivity contribution in [2.24, 2.45) is 0 Å². The number of H-pyrrole nitrogens is 1. The fourth-order valence-corrected chi connectivity index (χ4v) is 3.69. The Morgan fingerprint density at radius 2 is 1.74 bits per heavy atom. The Labute approximate surface area is 179 Å². The zero-order valence-electron chi connectivity index (χ0n) is 16.8. The lowest BCUT2D eigenvalue weighted by Crippen LogP contribution is -2.04. The molecule has 0 atom stereocenters. The number of fused-ring (bicyclic) bond motifs is 4. The highest BCUT2D eigenvalue weighted by molar-refractivity contribution is 5.92. The normalized spacial score (nSPS) is 14.7. The van der Waals surface area contributed by atoms with Crippen LogP contribution in [0.1, 0.15) is 29.7 Å². The van der Waals surface area contributed by atoms with Gasteiger partial charge in [0.2, 0.25) is 0 Å². The zero-order chi connectivity index (χ0) is 21.0. The third-order valence-electron chi connectivity index (χ3n) is 5.29. The van der Waals surface area contributed by atoms with E-state index in [4.69, 9.17) is 9.47 Å². The zero-order valence-corrected chi connectivity index (χ0v) is 16.8. The lowest BCUT2D eigenvalue weighted by atomic mass is 10.0. The highest BCUT2D eigenvalue weighted by atomic mass is 16.5. The first-order chi connectivity index (χ1) is 15.3. The van der Waals surface area contributed by atoms with E-state index in [-0.39, 0.29) is 0 Å². The Morgan fingerprint density at radius 1 is 0.935 bits per heavy atom. The molecule has 0 amide bonds. The van der Waals surface area contributed by atoms with E-state index in [0.717, 1.165) is 52.0 Å². The van der Waals surface area contributed by atoms with E-state index in [0.29, 0.717) is 24.5 Å². The van der Waals surface area contributed by atoms with Crippen molar-refractivity contribution in [3.05, 3.63) is 71.5 Å². The molecule has 1 N–H and O–H groups in total. The summed E-state index contributed by atoms with van der Waals surface area (Å²) in [6.07, 6.45) is 7.28. The van der Waals surface area contributed by atoms with E-state index in [1.807, 2.05) is 54.6 Å². The summed E-state index contributed by atoms with van der Waals surface area (Å²) in [6.45, 7) is 1.14. The minimum absolute atomic E-state index is 0.550. The number of pyridine rings is 1. The number of aromatic nitrogens is 3. The van der Waals surface area contributed by atoms with E-state index in [9.17, 15) is 5.26 Å². The second-order valence-corrected chi connectivity index (χ2v) is 7.29. The maximum Gasteiger partial charge on any atom is 0.128 e. The Kier molecular flexibility index (Phi) is 5.07. The maximum absolute atomic E-state index is 9.56. The van der Waals surface area contributed by atoms with Gasteiger partial charge in [0, 0.05) is 16.5 Å². The third kappa shape index (κ3) is 3.74. The van der Waals surface area contributed by atoms with Gasteiger partial charge in [0.15, 0.2) is 0 Å². The van der Waals surface area contributed by atoms with E-state index in [2.05, 4.69) is 21.3 Å². The molecule has 0 aliphatic carbocycles. The number of benzene rings is 2. The summed E-state index contributed by atoms with van der Waals surface area (Å²) in [5.41, 5.74) is 4.70. The molecule has 2 bridgehead atoms. The van der Waals surface area contributed by atoms with Crippen molar-refractivity contribution in [3.63, 3.8) is 0 Å². The van der Waals surface area contributed by atoms with E-state index < -0.39 is 0 Å². The standard InChI is InChI=1S/C25H20N4O2/c26-15-17-6-5-9-24-18(17)10-11-21-20-14-22(27-16-23(20)29-28-21)19-7-1-2-8-25(19)31-13-4-3-12-30-24/h1-2,5-11,14,16H,3-4,12-13H2,(H,28,29)/b11-10+. The molecule has 6 heteroatoms. The lowest BCUT2D eigenvalue weighted by Gasteiger charge is -2.13. The molecule has 5 rings (SSSR count). The van der Waals surface area contributed by atoms with Crippen LogP contribution in [0.2, 0.25) is 0 Å². The summed E-state index contributed by atoms with van der Waals surface area (Å²) in [7, 11) is 0.